The Morgan fingerprint density at radius 3 is 2.63 bits per heavy atom. The number of aliphatic hydroxyl groups excluding tert-OH is 1. The Bertz CT molecular complexity index is 477. The average molecular weight is 287 g/mol. The van der Waals surface area contributed by atoms with Crippen LogP contribution in [0.4, 0.5) is 5.69 Å². The number of anilines is 1. The van der Waals surface area contributed by atoms with Gasteiger partial charge in [-0.05, 0) is 25.1 Å². The van der Waals surface area contributed by atoms with E-state index in [0.29, 0.717) is 16.5 Å². The first-order valence-electron chi connectivity index (χ1n) is 5.54. The second-order valence-electron chi connectivity index (χ2n) is 3.86. The van der Waals surface area contributed by atoms with E-state index >= 15 is 0 Å². The number of methoxy groups -OCH3 is 1. The van der Waals surface area contributed by atoms with Gasteiger partial charge in [-0.15, -0.1) is 0 Å². The number of benzene rings is 1. The molecule has 0 saturated carbocycles. The number of halogens is 1. The normalized spacial score (nSPS) is 11.6. The molecule has 0 aromatic heterocycles. The van der Waals surface area contributed by atoms with E-state index in [0.717, 1.165) is 0 Å². The second-order valence-corrected chi connectivity index (χ2v) is 4.27. The van der Waals surface area contributed by atoms with Gasteiger partial charge in [-0.1, -0.05) is 11.6 Å². The predicted octanol–water partition coefficient (Wildman–Crippen LogP) is 0.784. The summed E-state index contributed by atoms with van der Waals surface area (Å²) in [5.41, 5.74) is 0.378. The highest BCUT2D eigenvalue weighted by Crippen LogP contribution is 2.27. The molecule has 0 aliphatic rings. The lowest BCUT2D eigenvalue weighted by atomic mass is 10.3. The molecule has 0 fully saturated rings. The van der Waals surface area contributed by atoms with Crippen molar-refractivity contribution >= 4 is 29.1 Å². The van der Waals surface area contributed by atoms with Gasteiger partial charge in [-0.3, -0.25) is 9.59 Å². The number of hydrogen-bond donors (Lipinski definition) is 3. The van der Waals surface area contributed by atoms with Crippen LogP contribution in [0.1, 0.15) is 6.92 Å². The minimum absolute atomic E-state index is 0.00955. The minimum Gasteiger partial charge on any atom is -0.495 e. The summed E-state index contributed by atoms with van der Waals surface area (Å²) in [7, 11) is 1.48. The molecule has 3 N–H and O–H groups in total. The molecule has 1 unspecified atom stereocenters. The van der Waals surface area contributed by atoms with E-state index in [-0.39, 0.29) is 6.54 Å². The maximum absolute atomic E-state index is 11.5. The van der Waals surface area contributed by atoms with Crippen LogP contribution in [0.2, 0.25) is 5.02 Å². The largest absolute Gasteiger partial charge is 0.495 e. The highest BCUT2D eigenvalue weighted by atomic mass is 35.5. The summed E-state index contributed by atoms with van der Waals surface area (Å²) in [6.45, 7) is 1.51. The maximum Gasteiger partial charge on any atom is 0.313 e. The van der Waals surface area contributed by atoms with Crippen molar-refractivity contribution in [3.63, 3.8) is 0 Å². The highest BCUT2D eigenvalue weighted by Gasteiger charge is 2.14. The smallest absolute Gasteiger partial charge is 0.313 e. The average Bonchev–Trinajstić information content (AvgIpc) is 2.36. The van der Waals surface area contributed by atoms with Crippen LogP contribution in [0.5, 0.6) is 5.75 Å². The van der Waals surface area contributed by atoms with E-state index < -0.39 is 17.9 Å². The molecule has 1 aromatic rings. The molecule has 104 valence electrons. The van der Waals surface area contributed by atoms with Crippen molar-refractivity contribution in [3.05, 3.63) is 23.2 Å². The van der Waals surface area contributed by atoms with E-state index in [1.54, 1.807) is 12.1 Å². The van der Waals surface area contributed by atoms with Gasteiger partial charge >= 0.3 is 11.8 Å². The van der Waals surface area contributed by atoms with Gasteiger partial charge in [0.2, 0.25) is 0 Å². The summed E-state index contributed by atoms with van der Waals surface area (Å²) >= 11 is 5.89. The quantitative estimate of drug-likeness (QED) is 0.714. The Morgan fingerprint density at radius 1 is 1.42 bits per heavy atom. The monoisotopic (exact) mass is 286 g/mol. The molecule has 6 nitrogen and oxygen atoms in total. The van der Waals surface area contributed by atoms with E-state index in [1.807, 2.05) is 0 Å². The van der Waals surface area contributed by atoms with E-state index in [4.69, 9.17) is 21.4 Å². The van der Waals surface area contributed by atoms with Gasteiger partial charge in [0, 0.05) is 12.2 Å². The molecule has 1 atom stereocenters. The molecule has 0 radical (unpaired) electrons. The zero-order chi connectivity index (χ0) is 14.4. The first-order chi connectivity index (χ1) is 8.93. The number of nitrogens with one attached hydrogen (secondary N) is 2. The molecule has 0 spiro atoms. The van der Waals surface area contributed by atoms with Crippen molar-refractivity contribution in [1.82, 2.24) is 5.32 Å². The molecule has 0 aliphatic carbocycles. The standard InChI is InChI=1S/C12H15ClN2O4/c1-7(16)6-14-11(17)12(18)15-8-3-4-10(19-2)9(13)5-8/h3-5,7,16H,6H2,1-2H3,(H,14,17)(H,15,18). The number of hydrogen-bond acceptors (Lipinski definition) is 4. The number of carbonyl (C=O) groups excluding carboxylic acids is 2. The molecular weight excluding hydrogens is 272 g/mol. The van der Waals surface area contributed by atoms with Crippen LogP contribution in [0.25, 0.3) is 0 Å². The van der Waals surface area contributed by atoms with Crippen LogP contribution in [0.3, 0.4) is 0 Å². The van der Waals surface area contributed by atoms with Crippen molar-refractivity contribution in [2.75, 3.05) is 19.0 Å². The molecule has 1 rings (SSSR count). The summed E-state index contributed by atoms with van der Waals surface area (Å²) in [6.07, 6.45) is -0.716. The molecule has 19 heavy (non-hydrogen) atoms. The lowest BCUT2D eigenvalue weighted by Crippen LogP contribution is -2.38. The fourth-order valence-electron chi connectivity index (χ4n) is 1.25. The zero-order valence-electron chi connectivity index (χ0n) is 10.6. The molecule has 0 saturated heterocycles. The number of carbonyl (C=O) groups is 2. The molecule has 0 heterocycles. The summed E-state index contributed by atoms with van der Waals surface area (Å²) in [6, 6.07) is 4.61. The fourth-order valence-corrected chi connectivity index (χ4v) is 1.51. The topological polar surface area (TPSA) is 87.7 Å². The van der Waals surface area contributed by atoms with E-state index in [1.165, 1.54) is 20.1 Å². The van der Waals surface area contributed by atoms with Crippen LogP contribution in [-0.2, 0) is 9.59 Å². The number of ether oxygens (including phenoxy) is 1. The van der Waals surface area contributed by atoms with Gasteiger partial charge in [0.15, 0.2) is 0 Å². The van der Waals surface area contributed by atoms with Crippen LogP contribution in [-0.4, -0.2) is 36.7 Å². The van der Waals surface area contributed by atoms with Gasteiger partial charge in [-0.2, -0.15) is 0 Å². The third-order valence-corrected chi connectivity index (χ3v) is 2.47. The lowest BCUT2D eigenvalue weighted by molar-refractivity contribution is -0.136. The van der Waals surface area contributed by atoms with Crippen molar-refractivity contribution in [3.8, 4) is 5.75 Å². The summed E-state index contributed by atoms with van der Waals surface area (Å²) in [4.78, 5) is 22.9. The Labute approximate surface area is 115 Å². The van der Waals surface area contributed by atoms with Crippen molar-refractivity contribution < 1.29 is 19.4 Å². The Balaban J connectivity index is 2.61. The van der Waals surface area contributed by atoms with Gasteiger partial charge in [0.25, 0.3) is 0 Å². The number of aliphatic hydroxyl groups is 1. The van der Waals surface area contributed by atoms with Gasteiger partial charge in [0.1, 0.15) is 5.75 Å². The Morgan fingerprint density at radius 2 is 2.11 bits per heavy atom. The first-order valence-corrected chi connectivity index (χ1v) is 5.92. The Kier molecular flexibility index (Phi) is 5.59. The van der Waals surface area contributed by atoms with E-state index in [9.17, 15) is 9.59 Å². The molecule has 0 aliphatic heterocycles. The SMILES string of the molecule is COc1ccc(NC(=O)C(=O)NCC(C)O)cc1Cl. The van der Waals surface area contributed by atoms with Gasteiger partial charge in [-0.25, -0.2) is 0 Å². The lowest BCUT2D eigenvalue weighted by Gasteiger charge is -2.09. The van der Waals surface area contributed by atoms with Gasteiger partial charge in [0.05, 0.1) is 18.2 Å². The molecule has 7 heteroatoms. The van der Waals surface area contributed by atoms with Crippen molar-refractivity contribution in [2.45, 2.75) is 13.0 Å². The van der Waals surface area contributed by atoms with E-state index in [2.05, 4.69) is 10.6 Å². The summed E-state index contributed by atoms with van der Waals surface area (Å²) in [5.74, 6) is -1.19. The molecule has 1 aromatic carbocycles. The predicted molar refractivity (Wildman–Crippen MR) is 71.3 cm³/mol. The Hall–Kier alpha value is -1.79. The third-order valence-electron chi connectivity index (χ3n) is 2.17. The molecule has 2 amide bonds. The first kappa shape index (κ1) is 15.3. The van der Waals surface area contributed by atoms with Crippen LogP contribution >= 0.6 is 11.6 Å². The minimum atomic E-state index is -0.832. The van der Waals surface area contributed by atoms with Gasteiger partial charge < -0.3 is 20.5 Å². The maximum atomic E-state index is 11.5. The molecular formula is C12H15ClN2O4. The number of rotatable bonds is 4. The summed E-state index contributed by atoms with van der Waals surface area (Å²) < 4.78 is 4.97. The van der Waals surface area contributed by atoms with Crippen LogP contribution in [0, 0.1) is 0 Å². The number of amides is 2. The fraction of sp³-hybridized carbons (Fsp3) is 0.333. The zero-order valence-corrected chi connectivity index (χ0v) is 11.3. The summed E-state index contributed by atoms with van der Waals surface area (Å²) in [5, 5.41) is 14.0. The molecule has 0 bridgehead atoms. The van der Waals surface area contributed by atoms with Crippen LogP contribution < -0.4 is 15.4 Å². The van der Waals surface area contributed by atoms with Crippen LogP contribution in [0.15, 0.2) is 18.2 Å². The van der Waals surface area contributed by atoms with Crippen molar-refractivity contribution in [2.24, 2.45) is 0 Å². The van der Waals surface area contributed by atoms with Crippen molar-refractivity contribution in [1.29, 1.82) is 0 Å². The highest BCUT2D eigenvalue weighted by molar-refractivity contribution is 6.40. The second kappa shape index (κ2) is 6.96. The third kappa shape index (κ3) is 4.76.